The van der Waals surface area contributed by atoms with Crippen LogP contribution in [-0.4, -0.2) is 32.2 Å². The van der Waals surface area contributed by atoms with Gasteiger partial charge in [0.15, 0.2) is 0 Å². The number of halogens is 5. The molecule has 2 amide bonds. The fourth-order valence-electron chi connectivity index (χ4n) is 4.58. The predicted molar refractivity (Wildman–Crippen MR) is 110 cm³/mol. The molecular weight excluding hydrogens is 461 g/mol. The number of H-pyrrole nitrogens is 1. The van der Waals surface area contributed by atoms with E-state index < -0.39 is 41.3 Å². The van der Waals surface area contributed by atoms with E-state index in [1.54, 1.807) is 0 Å². The van der Waals surface area contributed by atoms with E-state index in [1.165, 1.54) is 11.0 Å². The summed E-state index contributed by atoms with van der Waals surface area (Å²) in [6.45, 7) is 0. The Hall–Kier alpha value is -3.83. The van der Waals surface area contributed by atoms with Gasteiger partial charge in [-0.05, 0) is 37.0 Å². The molecule has 0 spiro atoms. The van der Waals surface area contributed by atoms with Gasteiger partial charge in [0.05, 0.1) is 17.4 Å². The SMILES string of the molecule is O=C(Nc1cc(F)c(-c2ccc(C(F)(F)F)nc2)cc1F)N1[C@H]2CC[C@@H]1c1n[nH]c(=O)cc1C2. The molecule has 0 saturated carbocycles. The molecule has 2 aliphatic rings. The van der Waals surface area contributed by atoms with Crippen LogP contribution in [0.2, 0.25) is 0 Å². The summed E-state index contributed by atoms with van der Waals surface area (Å²) in [4.78, 5) is 29.3. The molecule has 0 aliphatic carbocycles. The molecule has 2 aliphatic heterocycles. The summed E-state index contributed by atoms with van der Waals surface area (Å²) in [7, 11) is 0. The van der Waals surface area contributed by atoms with Crippen LogP contribution in [0.1, 0.15) is 35.8 Å². The zero-order chi connectivity index (χ0) is 24.2. The van der Waals surface area contributed by atoms with E-state index in [1.807, 2.05) is 0 Å². The number of amides is 2. The van der Waals surface area contributed by atoms with Gasteiger partial charge in [-0.1, -0.05) is 6.07 Å². The highest BCUT2D eigenvalue weighted by Crippen LogP contribution is 2.42. The van der Waals surface area contributed by atoms with Crippen LogP contribution in [0.4, 0.5) is 32.4 Å². The van der Waals surface area contributed by atoms with Crippen LogP contribution in [0.5, 0.6) is 0 Å². The smallest absolute Gasteiger partial charge is 0.313 e. The van der Waals surface area contributed by atoms with Gasteiger partial charge in [-0.15, -0.1) is 0 Å². The van der Waals surface area contributed by atoms with Crippen LogP contribution in [0.25, 0.3) is 11.1 Å². The first-order valence-electron chi connectivity index (χ1n) is 10.3. The fourth-order valence-corrected chi connectivity index (χ4v) is 4.58. The van der Waals surface area contributed by atoms with Gasteiger partial charge < -0.3 is 10.2 Å². The molecule has 2 N–H and O–H groups in total. The van der Waals surface area contributed by atoms with Gasteiger partial charge in [-0.3, -0.25) is 9.78 Å². The van der Waals surface area contributed by atoms with Crippen LogP contribution in [-0.2, 0) is 12.6 Å². The van der Waals surface area contributed by atoms with Gasteiger partial charge in [-0.2, -0.15) is 18.3 Å². The minimum absolute atomic E-state index is 0.0481. The Morgan fingerprint density at radius 2 is 1.91 bits per heavy atom. The molecule has 34 heavy (non-hydrogen) atoms. The van der Waals surface area contributed by atoms with Crippen LogP contribution < -0.4 is 10.9 Å². The molecule has 176 valence electrons. The number of pyridine rings is 1. The lowest BCUT2D eigenvalue weighted by Gasteiger charge is -2.35. The largest absolute Gasteiger partial charge is 0.433 e. The highest BCUT2D eigenvalue weighted by molar-refractivity contribution is 5.91. The number of carbonyl (C=O) groups is 1. The second-order valence-electron chi connectivity index (χ2n) is 8.17. The van der Waals surface area contributed by atoms with E-state index in [4.69, 9.17) is 0 Å². The van der Waals surface area contributed by atoms with E-state index in [2.05, 4.69) is 20.5 Å². The summed E-state index contributed by atoms with van der Waals surface area (Å²) in [6, 6.07) is 3.42. The van der Waals surface area contributed by atoms with E-state index in [9.17, 15) is 31.5 Å². The first-order chi connectivity index (χ1) is 16.1. The maximum Gasteiger partial charge on any atom is 0.433 e. The summed E-state index contributed by atoms with van der Waals surface area (Å²) in [6.07, 6.45) is -2.15. The third kappa shape index (κ3) is 3.78. The Balaban J connectivity index is 1.38. The van der Waals surface area contributed by atoms with Gasteiger partial charge in [0, 0.05) is 35.5 Å². The number of nitrogens with zero attached hydrogens (tertiary/aromatic N) is 3. The number of benzene rings is 1. The van der Waals surface area contributed by atoms with E-state index in [0.717, 1.165) is 30.0 Å². The maximum absolute atomic E-state index is 14.8. The minimum atomic E-state index is -4.66. The second kappa shape index (κ2) is 7.89. The van der Waals surface area contributed by atoms with Crippen LogP contribution >= 0.6 is 0 Å². The van der Waals surface area contributed by atoms with E-state index >= 15 is 0 Å². The standard InChI is InChI=1S/C22H16F5N5O2/c23-14-8-16(15(24)7-13(14)10-1-4-18(28-9-10)22(25,26)27)29-21(34)32-12-2-3-17(32)20-11(5-12)6-19(33)30-31-20/h1,4,6-9,12,17H,2-3,5H2,(H,29,34)(H,30,33)/t12-,17+/m0/s1. The van der Waals surface area contributed by atoms with E-state index in [-0.39, 0.29) is 22.7 Å². The summed E-state index contributed by atoms with van der Waals surface area (Å²) >= 11 is 0. The molecule has 0 radical (unpaired) electrons. The lowest BCUT2D eigenvalue weighted by Crippen LogP contribution is -2.45. The molecule has 12 heteroatoms. The molecule has 5 rings (SSSR count). The number of fused-ring (bicyclic) bond motifs is 4. The molecule has 2 bridgehead atoms. The minimum Gasteiger partial charge on any atom is -0.313 e. The molecule has 7 nitrogen and oxygen atoms in total. The van der Waals surface area contributed by atoms with Gasteiger partial charge in [-0.25, -0.2) is 18.7 Å². The van der Waals surface area contributed by atoms with Crippen LogP contribution in [0.15, 0.2) is 41.3 Å². The lowest BCUT2D eigenvalue weighted by atomic mass is 9.99. The molecule has 3 aromatic rings. The van der Waals surface area contributed by atoms with Crippen molar-refractivity contribution in [1.29, 1.82) is 0 Å². The lowest BCUT2D eigenvalue weighted by molar-refractivity contribution is -0.141. The second-order valence-corrected chi connectivity index (χ2v) is 8.17. The highest BCUT2D eigenvalue weighted by Gasteiger charge is 2.44. The number of aromatic amines is 1. The number of hydrogen-bond donors (Lipinski definition) is 2. The van der Waals surface area contributed by atoms with Crippen LogP contribution in [0.3, 0.4) is 0 Å². The Morgan fingerprint density at radius 1 is 1.12 bits per heavy atom. The van der Waals surface area contributed by atoms with Crippen molar-refractivity contribution in [3.63, 3.8) is 0 Å². The molecule has 4 heterocycles. The zero-order valence-corrected chi connectivity index (χ0v) is 17.3. The van der Waals surface area contributed by atoms with E-state index in [0.29, 0.717) is 31.0 Å². The van der Waals surface area contributed by atoms with Crippen molar-refractivity contribution in [2.24, 2.45) is 0 Å². The number of rotatable bonds is 2. The quantitative estimate of drug-likeness (QED) is 0.535. The summed E-state index contributed by atoms with van der Waals surface area (Å²) < 4.78 is 67.5. The molecule has 1 fully saturated rings. The first kappa shape index (κ1) is 22.0. The number of nitrogens with one attached hydrogen (secondary N) is 2. The normalized spacial score (nSPS) is 19.1. The monoisotopic (exact) mass is 477 g/mol. The molecule has 2 atom stereocenters. The highest BCUT2D eigenvalue weighted by atomic mass is 19.4. The molecule has 0 unspecified atom stereocenters. The van der Waals surface area contributed by atoms with Crippen molar-refractivity contribution in [2.75, 3.05) is 5.32 Å². The zero-order valence-electron chi connectivity index (χ0n) is 17.3. The summed E-state index contributed by atoms with van der Waals surface area (Å²) in [5.74, 6) is -1.90. The Morgan fingerprint density at radius 3 is 2.62 bits per heavy atom. The van der Waals surface area contributed by atoms with Crippen molar-refractivity contribution in [3.05, 3.63) is 75.5 Å². The number of aromatic nitrogens is 3. The predicted octanol–water partition coefficient (Wildman–Crippen LogP) is 4.42. The number of alkyl halides is 3. The van der Waals surface area contributed by atoms with Crippen molar-refractivity contribution in [1.82, 2.24) is 20.1 Å². The van der Waals surface area contributed by atoms with Crippen molar-refractivity contribution in [2.45, 2.75) is 37.5 Å². The van der Waals surface area contributed by atoms with Crippen LogP contribution in [0, 0.1) is 11.6 Å². The molecule has 2 aromatic heterocycles. The topological polar surface area (TPSA) is 91.0 Å². The van der Waals surface area contributed by atoms with Gasteiger partial charge in [0.25, 0.3) is 5.56 Å². The first-order valence-corrected chi connectivity index (χ1v) is 10.3. The molecule has 1 saturated heterocycles. The third-order valence-electron chi connectivity index (χ3n) is 6.09. The van der Waals surface area contributed by atoms with Crippen molar-refractivity contribution in [3.8, 4) is 11.1 Å². The molecular formula is C22H16F5N5O2. The van der Waals surface area contributed by atoms with Gasteiger partial charge in [0.2, 0.25) is 0 Å². The molecule has 1 aromatic carbocycles. The van der Waals surface area contributed by atoms with Gasteiger partial charge >= 0.3 is 12.2 Å². The van der Waals surface area contributed by atoms with Crippen molar-refractivity contribution >= 4 is 11.7 Å². The number of carbonyl (C=O) groups excluding carboxylic acids is 1. The fraction of sp³-hybridized carbons (Fsp3) is 0.273. The maximum atomic E-state index is 14.8. The average molecular weight is 477 g/mol. The number of hydrogen-bond acceptors (Lipinski definition) is 4. The Bertz CT molecular complexity index is 1340. The number of urea groups is 1. The third-order valence-corrected chi connectivity index (χ3v) is 6.09. The average Bonchev–Trinajstić information content (AvgIpc) is 3.10. The Kier molecular flexibility index (Phi) is 5.10. The van der Waals surface area contributed by atoms with Crippen molar-refractivity contribution < 1.29 is 26.7 Å². The van der Waals surface area contributed by atoms with Gasteiger partial charge in [0.1, 0.15) is 17.3 Å². The Labute approximate surface area is 188 Å². The summed E-state index contributed by atoms with van der Waals surface area (Å²) in [5, 5.41) is 8.81. The number of anilines is 1. The summed E-state index contributed by atoms with van der Waals surface area (Å²) in [5.41, 5.74) is -0.919.